The molecule has 0 aliphatic carbocycles. The molecule has 4 rings (SSSR count). The van der Waals surface area contributed by atoms with E-state index < -0.39 is 5.41 Å². The third-order valence-electron chi connectivity index (χ3n) is 5.86. The van der Waals surface area contributed by atoms with E-state index in [1.54, 1.807) is 6.20 Å². The predicted molar refractivity (Wildman–Crippen MR) is 99.2 cm³/mol. The fourth-order valence-electron chi connectivity index (χ4n) is 4.66. The highest BCUT2D eigenvalue weighted by Gasteiger charge is 2.47. The first-order chi connectivity index (χ1) is 12.2. The van der Waals surface area contributed by atoms with E-state index in [0.29, 0.717) is 17.1 Å². The molecule has 2 fully saturated rings. The monoisotopic (exact) mass is 351 g/mol. The molecule has 0 amide bonds. The first-order valence-electron chi connectivity index (χ1n) is 9.02. The lowest BCUT2D eigenvalue weighted by atomic mass is 9.66. The van der Waals surface area contributed by atoms with Gasteiger partial charge in [-0.25, -0.2) is 0 Å². The van der Waals surface area contributed by atoms with Gasteiger partial charge in [0, 0.05) is 31.0 Å². The van der Waals surface area contributed by atoms with Gasteiger partial charge in [-0.1, -0.05) is 48.4 Å². The smallest absolute Gasteiger partial charge is 0.0867 e. The molecule has 2 unspecified atom stereocenters. The van der Waals surface area contributed by atoms with Gasteiger partial charge in [0.1, 0.15) is 0 Å². The van der Waals surface area contributed by atoms with Gasteiger partial charge >= 0.3 is 0 Å². The van der Waals surface area contributed by atoms with Gasteiger partial charge in [-0.3, -0.25) is 9.88 Å². The van der Waals surface area contributed by atoms with Gasteiger partial charge in [0.15, 0.2) is 0 Å². The van der Waals surface area contributed by atoms with Crippen LogP contribution in [-0.4, -0.2) is 22.0 Å². The van der Waals surface area contributed by atoms with Gasteiger partial charge in [0.25, 0.3) is 0 Å². The second-order valence-corrected chi connectivity index (χ2v) is 7.83. The van der Waals surface area contributed by atoms with Gasteiger partial charge in [0.05, 0.1) is 16.5 Å². The van der Waals surface area contributed by atoms with Crippen LogP contribution in [0.1, 0.15) is 43.2 Å². The number of rotatable bonds is 3. The zero-order valence-electron chi connectivity index (χ0n) is 14.2. The van der Waals surface area contributed by atoms with Crippen molar-refractivity contribution in [1.29, 1.82) is 5.26 Å². The fraction of sp³-hybridized carbons (Fsp3) is 0.429. The van der Waals surface area contributed by atoms with E-state index in [-0.39, 0.29) is 0 Å². The average Bonchev–Trinajstić information content (AvgIpc) is 2.62. The SMILES string of the molecule is N#CC1(c2cncc(Cl)c2)CC2CCCC(C1)N2Cc1ccccc1. The molecule has 2 atom stereocenters. The topological polar surface area (TPSA) is 39.9 Å². The van der Waals surface area contributed by atoms with Crippen molar-refractivity contribution in [2.45, 2.75) is 56.1 Å². The number of nitriles is 1. The summed E-state index contributed by atoms with van der Waals surface area (Å²) in [5.74, 6) is 0. The van der Waals surface area contributed by atoms with Gasteiger partial charge in [-0.2, -0.15) is 5.26 Å². The number of nitrogens with zero attached hydrogens (tertiary/aromatic N) is 3. The van der Waals surface area contributed by atoms with Crippen LogP contribution in [0.2, 0.25) is 5.02 Å². The number of halogens is 1. The summed E-state index contributed by atoms with van der Waals surface area (Å²) in [7, 11) is 0. The van der Waals surface area contributed by atoms with Crippen molar-refractivity contribution >= 4 is 11.6 Å². The molecule has 0 spiro atoms. The van der Waals surface area contributed by atoms with Crippen molar-refractivity contribution in [2.24, 2.45) is 0 Å². The first-order valence-corrected chi connectivity index (χ1v) is 9.40. The molecular weight excluding hydrogens is 330 g/mol. The highest BCUT2D eigenvalue weighted by Crippen LogP contribution is 2.46. The maximum atomic E-state index is 10.1. The Hall–Kier alpha value is -1.89. The molecule has 1 aromatic heterocycles. The van der Waals surface area contributed by atoms with Gasteiger partial charge in [-0.05, 0) is 42.9 Å². The summed E-state index contributed by atoms with van der Waals surface area (Å²) in [6.45, 7) is 0.978. The summed E-state index contributed by atoms with van der Waals surface area (Å²) in [5.41, 5.74) is 1.88. The van der Waals surface area contributed by atoms with Crippen molar-refractivity contribution < 1.29 is 0 Å². The van der Waals surface area contributed by atoms with Crippen molar-refractivity contribution in [3.05, 3.63) is 64.9 Å². The van der Waals surface area contributed by atoms with Gasteiger partial charge in [0.2, 0.25) is 0 Å². The largest absolute Gasteiger partial charge is 0.293 e. The molecule has 2 aromatic rings. The molecule has 2 bridgehead atoms. The third kappa shape index (κ3) is 3.17. The standard InChI is InChI=1S/C21H22ClN3/c22-18-9-17(12-24-13-18)21(15-23)10-19-7-4-8-20(11-21)25(19)14-16-5-2-1-3-6-16/h1-3,5-6,9,12-13,19-20H,4,7-8,10-11,14H2. The lowest BCUT2D eigenvalue weighted by Crippen LogP contribution is -2.56. The minimum absolute atomic E-state index is 0.450. The Morgan fingerprint density at radius 3 is 2.52 bits per heavy atom. The number of pyridine rings is 1. The summed E-state index contributed by atoms with van der Waals surface area (Å²) in [6, 6.07) is 16.1. The fourth-order valence-corrected chi connectivity index (χ4v) is 4.84. The molecule has 25 heavy (non-hydrogen) atoms. The summed E-state index contributed by atoms with van der Waals surface area (Å²) < 4.78 is 0. The average molecular weight is 352 g/mol. The molecule has 2 aliphatic rings. The van der Waals surface area contributed by atoms with Gasteiger partial charge in [-0.15, -0.1) is 0 Å². The molecule has 128 valence electrons. The predicted octanol–water partition coefficient (Wildman–Crippen LogP) is 4.71. The zero-order chi connectivity index (χ0) is 17.3. The number of hydrogen-bond donors (Lipinski definition) is 0. The molecule has 2 aliphatic heterocycles. The number of hydrogen-bond acceptors (Lipinski definition) is 3. The summed E-state index contributed by atoms with van der Waals surface area (Å²) in [5, 5.41) is 10.7. The number of aromatic nitrogens is 1. The molecule has 1 aromatic carbocycles. The second-order valence-electron chi connectivity index (χ2n) is 7.39. The van der Waals surface area contributed by atoms with E-state index in [2.05, 4.69) is 46.3 Å². The highest BCUT2D eigenvalue weighted by molar-refractivity contribution is 6.30. The summed E-state index contributed by atoms with van der Waals surface area (Å²) in [6.07, 6.45) is 8.81. The van der Waals surface area contributed by atoms with Crippen LogP contribution in [0.3, 0.4) is 0 Å². The molecule has 0 radical (unpaired) electrons. The van der Waals surface area contributed by atoms with Crippen LogP contribution >= 0.6 is 11.6 Å². The molecule has 3 nitrogen and oxygen atoms in total. The second kappa shape index (κ2) is 6.78. The normalized spacial score (nSPS) is 29.1. The minimum Gasteiger partial charge on any atom is -0.293 e. The van der Waals surface area contributed by atoms with Crippen molar-refractivity contribution in [3.63, 3.8) is 0 Å². The molecule has 0 N–H and O–H groups in total. The third-order valence-corrected chi connectivity index (χ3v) is 6.07. The lowest BCUT2D eigenvalue weighted by molar-refractivity contribution is 0.00760. The van der Waals surface area contributed by atoms with E-state index in [9.17, 15) is 5.26 Å². The van der Waals surface area contributed by atoms with Gasteiger partial charge < -0.3 is 0 Å². The highest BCUT2D eigenvalue weighted by atomic mass is 35.5. The maximum absolute atomic E-state index is 10.1. The molecule has 3 heterocycles. The molecule has 2 saturated heterocycles. The lowest BCUT2D eigenvalue weighted by Gasteiger charge is -2.52. The Morgan fingerprint density at radius 1 is 1.16 bits per heavy atom. The van der Waals surface area contributed by atoms with Crippen molar-refractivity contribution in [1.82, 2.24) is 9.88 Å². The van der Waals surface area contributed by atoms with Crippen LogP contribution in [0.15, 0.2) is 48.8 Å². The summed E-state index contributed by atoms with van der Waals surface area (Å²) >= 11 is 6.16. The van der Waals surface area contributed by atoms with E-state index >= 15 is 0 Å². The Labute approximate surface area is 154 Å². The number of piperidine rings is 2. The van der Waals surface area contributed by atoms with Crippen LogP contribution in [0.5, 0.6) is 0 Å². The van der Waals surface area contributed by atoms with Crippen LogP contribution in [0, 0.1) is 11.3 Å². The van der Waals surface area contributed by atoms with Crippen molar-refractivity contribution in [3.8, 4) is 6.07 Å². The Balaban J connectivity index is 1.63. The Kier molecular flexibility index (Phi) is 4.50. The Morgan fingerprint density at radius 2 is 1.88 bits per heavy atom. The quantitative estimate of drug-likeness (QED) is 0.803. The van der Waals surface area contributed by atoms with Crippen LogP contribution in [-0.2, 0) is 12.0 Å². The van der Waals surface area contributed by atoms with Crippen LogP contribution in [0.4, 0.5) is 0 Å². The number of benzene rings is 1. The van der Waals surface area contributed by atoms with E-state index in [1.807, 2.05) is 12.3 Å². The van der Waals surface area contributed by atoms with Crippen molar-refractivity contribution in [2.75, 3.05) is 0 Å². The Bertz CT molecular complexity index is 769. The maximum Gasteiger partial charge on any atom is 0.0867 e. The minimum atomic E-state index is -0.457. The molecule has 0 saturated carbocycles. The van der Waals surface area contributed by atoms with E-state index in [1.165, 1.54) is 24.8 Å². The zero-order valence-corrected chi connectivity index (χ0v) is 15.0. The first kappa shape index (κ1) is 16.6. The molecule has 4 heteroatoms. The number of fused-ring (bicyclic) bond motifs is 2. The van der Waals surface area contributed by atoms with E-state index in [0.717, 1.165) is 24.9 Å². The molecular formula is C21H22ClN3. The van der Waals surface area contributed by atoms with E-state index in [4.69, 9.17) is 11.6 Å². The van der Waals surface area contributed by atoms with Crippen LogP contribution < -0.4 is 0 Å². The summed E-state index contributed by atoms with van der Waals surface area (Å²) in [4.78, 5) is 6.87. The van der Waals surface area contributed by atoms with Crippen LogP contribution in [0.25, 0.3) is 0 Å².